The number of carboxylic acid groups (broad SMARTS) is 1. The lowest BCUT2D eigenvalue weighted by molar-refractivity contribution is -0.304. The molecule has 1 N–H and O–H groups in total. The molecule has 0 heterocycles. The van der Waals surface area contributed by atoms with Crippen LogP contribution < -0.4 is 15.3 Å². The van der Waals surface area contributed by atoms with Crippen LogP contribution in [0.5, 0.6) is 5.75 Å². The molecule has 4 aliphatic rings. The lowest BCUT2D eigenvalue weighted by atomic mass is 9.49. The fourth-order valence-corrected chi connectivity index (χ4v) is 6.39. The number of hydrogen-bond acceptors (Lipinski definition) is 5. The third-order valence-electron chi connectivity index (χ3n) is 7.08. The van der Waals surface area contributed by atoms with Gasteiger partial charge >= 0.3 is 0 Å². The van der Waals surface area contributed by atoms with Gasteiger partial charge in [0.25, 0.3) is 0 Å². The van der Waals surface area contributed by atoms with Gasteiger partial charge in [-0.25, -0.2) is 5.43 Å². The lowest BCUT2D eigenvalue weighted by Gasteiger charge is -2.56. The van der Waals surface area contributed by atoms with E-state index in [-0.39, 0.29) is 17.7 Å². The standard InChI is InChI=1S/C23H30N2O4/c1-14(18-3-4-20(29-2)19(8-18)9-22(27)28)24-25-21(26)13-23-10-15-5-16(11-23)7-17(6-15)12-23/h3-4,8,15-17H,5-7,9-13H2,1-2H3,(H,25,26)(H,27,28)/p-1/b24-14-. The van der Waals surface area contributed by atoms with Gasteiger partial charge < -0.3 is 14.6 Å². The zero-order valence-corrected chi connectivity index (χ0v) is 17.2. The first kappa shape index (κ1) is 19.9. The molecule has 0 aromatic heterocycles. The zero-order valence-electron chi connectivity index (χ0n) is 17.2. The van der Waals surface area contributed by atoms with Crippen LogP contribution in [-0.2, 0) is 16.0 Å². The van der Waals surface area contributed by atoms with E-state index in [1.165, 1.54) is 45.6 Å². The minimum absolute atomic E-state index is 0.0187. The fourth-order valence-electron chi connectivity index (χ4n) is 6.39. The van der Waals surface area contributed by atoms with E-state index in [1.807, 2.05) is 6.07 Å². The van der Waals surface area contributed by atoms with Crippen LogP contribution in [-0.4, -0.2) is 24.7 Å². The Morgan fingerprint density at radius 1 is 1.17 bits per heavy atom. The van der Waals surface area contributed by atoms with E-state index in [0.717, 1.165) is 23.3 Å². The first-order chi connectivity index (χ1) is 13.9. The quantitative estimate of drug-likeness (QED) is 0.565. The zero-order chi connectivity index (χ0) is 20.6. The predicted octanol–water partition coefficient (Wildman–Crippen LogP) is 2.43. The number of aliphatic carboxylic acids is 1. The van der Waals surface area contributed by atoms with Crippen molar-refractivity contribution in [2.45, 2.75) is 58.3 Å². The SMILES string of the molecule is COc1ccc(/C(C)=N\NC(=O)CC23CC4CC(CC(C4)C2)C3)cc1CC(=O)[O-]. The molecule has 0 spiro atoms. The molecule has 4 bridgehead atoms. The number of carboxylic acids is 1. The number of hydrazone groups is 1. The second-order valence-electron chi connectivity index (χ2n) is 9.40. The van der Waals surface area contributed by atoms with Crippen LogP contribution in [0.25, 0.3) is 0 Å². The van der Waals surface area contributed by atoms with Crippen molar-refractivity contribution in [1.29, 1.82) is 0 Å². The van der Waals surface area contributed by atoms with Gasteiger partial charge in [0.15, 0.2) is 0 Å². The Hall–Kier alpha value is -2.37. The molecule has 4 aliphatic carbocycles. The molecule has 6 heteroatoms. The molecular formula is C23H29N2O4-. The molecule has 6 nitrogen and oxygen atoms in total. The van der Waals surface area contributed by atoms with E-state index in [9.17, 15) is 14.7 Å². The van der Waals surface area contributed by atoms with Crippen LogP contribution in [0.1, 0.15) is 63.0 Å². The first-order valence-corrected chi connectivity index (χ1v) is 10.6. The van der Waals surface area contributed by atoms with Crippen LogP contribution in [0.4, 0.5) is 0 Å². The summed E-state index contributed by atoms with van der Waals surface area (Å²) in [6.07, 6.45) is 8.01. The van der Waals surface area contributed by atoms with Crippen LogP contribution in [0.2, 0.25) is 0 Å². The number of hydrogen-bond donors (Lipinski definition) is 1. The van der Waals surface area contributed by atoms with Crippen molar-refractivity contribution >= 4 is 17.6 Å². The number of ether oxygens (including phenoxy) is 1. The van der Waals surface area contributed by atoms with Crippen molar-refractivity contribution in [3.63, 3.8) is 0 Å². The maximum Gasteiger partial charge on any atom is 0.240 e. The Balaban J connectivity index is 1.41. The molecule has 0 radical (unpaired) electrons. The minimum Gasteiger partial charge on any atom is -0.550 e. The summed E-state index contributed by atoms with van der Waals surface area (Å²) in [5.41, 5.74) is 4.82. The molecule has 5 rings (SSSR count). The van der Waals surface area contributed by atoms with Gasteiger partial charge in [-0.3, -0.25) is 4.79 Å². The Labute approximate surface area is 171 Å². The van der Waals surface area contributed by atoms with Crippen LogP contribution >= 0.6 is 0 Å². The Morgan fingerprint density at radius 3 is 2.34 bits per heavy atom. The third-order valence-corrected chi connectivity index (χ3v) is 7.08. The van der Waals surface area contributed by atoms with Crippen LogP contribution in [0.15, 0.2) is 23.3 Å². The van der Waals surface area contributed by atoms with E-state index in [4.69, 9.17) is 4.74 Å². The lowest BCUT2D eigenvalue weighted by Crippen LogP contribution is -2.47. The summed E-state index contributed by atoms with van der Waals surface area (Å²) >= 11 is 0. The van der Waals surface area contributed by atoms with Gasteiger partial charge in [0, 0.05) is 24.4 Å². The number of methoxy groups -OCH3 is 1. The second-order valence-corrected chi connectivity index (χ2v) is 9.40. The van der Waals surface area contributed by atoms with Crippen LogP contribution in [0, 0.1) is 23.2 Å². The molecule has 0 atom stereocenters. The van der Waals surface area contributed by atoms with Gasteiger partial charge in [-0.1, -0.05) is 0 Å². The van der Waals surface area contributed by atoms with Gasteiger partial charge in [-0.2, -0.15) is 5.10 Å². The van der Waals surface area contributed by atoms with Crippen molar-refractivity contribution in [2.75, 3.05) is 7.11 Å². The maximum absolute atomic E-state index is 12.7. The summed E-state index contributed by atoms with van der Waals surface area (Å²) in [5, 5.41) is 15.3. The van der Waals surface area contributed by atoms with E-state index < -0.39 is 5.97 Å². The highest BCUT2D eigenvalue weighted by atomic mass is 16.5. The van der Waals surface area contributed by atoms with Crippen LogP contribution in [0.3, 0.4) is 0 Å². The normalized spacial score (nSPS) is 30.3. The summed E-state index contributed by atoms with van der Waals surface area (Å²) in [4.78, 5) is 23.6. The van der Waals surface area contributed by atoms with E-state index >= 15 is 0 Å². The van der Waals surface area contributed by atoms with Gasteiger partial charge in [-0.15, -0.1) is 0 Å². The van der Waals surface area contributed by atoms with Gasteiger partial charge in [-0.05, 0) is 92.4 Å². The van der Waals surface area contributed by atoms with Gasteiger partial charge in [0.2, 0.25) is 5.91 Å². The van der Waals surface area contributed by atoms with Crippen molar-refractivity contribution < 1.29 is 19.4 Å². The molecule has 1 amide bonds. The third kappa shape index (κ3) is 4.31. The van der Waals surface area contributed by atoms with Crippen molar-refractivity contribution in [2.24, 2.45) is 28.3 Å². The number of rotatable bonds is 7. The summed E-state index contributed by atoms with van der Waals surface area (Å²) < 4.78 is 5.21. The average Bonchev–Trinajstić information content (AvgIpc) is 2.64. The monoisotopic (exact) mass is 397 g/mol. The second kappa shape index (κ2) is 7.81. The Kier molecular flexibility index (Phi) is 5.36. The van der Waals surface area contributed by atoms with Crippen molar-refractivity contribution in [1.82, 2.24) is 5.43 Å². The highest BCUT2D eigenvalue weighted by Crippen LogP contribution is 2.61. The molecule has 4 fully saturated rings. The number of carbonyl (C=O) groups excluding carboxylic acids is 2. The summed E-state index contributed by atoms with van der Waals surface area (Å²) in [6, 6.07) is 5.24. The van der Waals surface area contributed by atoms with Crippen molar-refractivity contribution in [3.8, 4) is 5.75 Å². The number of nitrogens with one attached hydrogen (secondary N) is 1. The summed E-state index contributed by atoms with van der Waals surface area (Å²) in [5.74, 6) is 1.77. The number of benzene rings is 1. The summed E-state index contributed by atoms with van der Waals surface area (Å²) in [7, 11) is 1.50. The molecule has 0 aliphatic heterocycles. The minimum atomic E-state index is -1.17. The topological polar surface area (TPSA) is 90.8 Å². The maximum atomic E-state index is 12.7. The number of amides is 1. The molecule has 4 saturated carbocycles. The van der Waals surface area contributed by atoms with E-state index in [2.05, 4.69) is 10.5 Å². The highest BCUT2D eigenvalue weighted by Gasteiger charge is 2.51. The van der Waals surface area contributed by atoms with E-state index in [1.54, 1.807) is 19.1 Å². The van der Waals surface area contributed by atoms with Crippen molar-refractivity contribution in [3.05, 3.63) is 29.3 Å². The highest BCUT2D eigenvalue weighted by molar-refractivity contribution is 5.99. The first-order valence-electron chi connectivity index (χ1n) is 10.6. The predicted molar refractivity (Wildman–Crippen MR) is 107 cm³/mol. The van der Waals surface area contributed by atoms with Gasteiger partial charge in [0.1, 0.15) is 5.75 Å². The molecular weight excluding hydrogens is 368 g/mol. The number of nitrogens with zero attached hydrogens (tertiary/aromatic N) is 1. The molecule has 29 heavy (non-hydrogen) atoms. The fraction of sp³-hybridized carbons (Fsp3) is 0.609. The molecule has 0 saturated heterocycles. The molecule has 0 unspecified atom stereocenters. The molecule has 1 aromatic carbocycles. The van der Waals surface area contributed by atoms with E-state index in [0.29, 0.717) is 23.4 Å². The smallest absolute Gasteiger partial charge is 0.240 e. The van der Waals surface area contributed by atoms with Gasteiger partial charge in [0.05, 0.1) is 12.8 Å². The largest absolute Gasteiger partial charge is 0.550 e. The average molecular weight is 397 g/mol. The Morgan fingerprint density at radius 2 is 1.79 bits per heavy atom. The number of carbonyl (C=O) groups is 2. The molecule has 156 valence electrons. The summed E-state index contributed by atoms with van der Waals surface area (Å²) in [6.45, 7) is 1.80. The molecule has 1 aromatic rings. The Bertz CT molecular complexity index is 810.